The van der Waals surface area contributed by atoms with Gasteiger partial charge in [-0.05, 0) is 86.2 Å². The summed E-state index contributed by atoms with van der Waals surface area (Å²) in [6.45, 7) is 5.83. The van der Waals surface area contributed by atoms with Gasteiger partial charge in [-0.25, -0.2) is 0 Å². The number of phenols is 1. The van der Waals surface area contributed by atoms with Crippen molar-refractivity contribution in [3.05, 3.63) is 69.4 Å². The zero-order valence-electron chi connectivity index (χ0n) is 14.7. The summed E-state index contributed by atoms with van der Waals surface area (Å²) in [5.41, 5.74) is 7.55. The average Bonchev–Trinajstić information content (AvgIpc) is 2.94. The Labute approximate surface area is 147 Å². The minimum Gasteiger partial charge on any atom is -0.507 e. The zero-order valence-corrected chi connectivity index (χ0v) is 14.7. The zero-order chi connectivity index (χ0) is 17.7. The number of benzene rings is 2. The molecule has 1 aromatic heterocycles. The highest BCUT2D eigenvalue weighted by Crippen LogP contribution is 2.33. The third-order valence-electron chi connectivity index (χ3n) is 5.08. The van der Waals surface area contributed by atoms with Crippen LogP contribution in [0.4, 0.5) is 0 Å². The Balaban J connectivity index is 1.78. The van der Waals surface area contributed by atoms with Crippen LogP contribution in [0.1, 0.15) is 44.7 Å². The lowest BCUT2D eigenvalue weighted by atomic mass is 9.88. The van der Waals surface area contributed by atoms with Gasteiger partial charge in [0.05, 0.1) is 5.69 Å². The molecule has 4 rings (SSSR count). The van der Waals surface area contributed by atoms with Gasteiger partial charge in [0.15, 0.2) is 0 Å². The van der Waals surface area contributed by atoms with Crippen LogP contribution in [0.5, 0.6) is 5.75 Å². The van der Waals surface area contributed by atoms with E-state index in [1.165, 1.54) is 10.9 Å². The maximum Gasteiger partial charge on any atom is 0.205 e. The summed E-state index contributed by atoms with van der Waals surface area (Å²) < 4.78 is 0. The Morgan fingerprint density at radius 3 is 2.48 bits per heavy atom. The number of nitrogens with one attached hydrogen (secondary N) is 1. The van der Waals surface area contributed by atoms with Crippen LogP contribution in [-0.2, 0) is 6.42 Å². The smallest absolute Gasteiger partial charge is 0.205 e. The molecule has 0 saturated heterocycles. The molecule has 25 heavy (non-hydrogen) atoms. The molecule has 3 nitrogen and oxygen atoms in total. The standard InChI is InChI=1S/C22H21NO2/c1-12-4-7-19-18(8-12)17-6-5-16(22(25)20(17)23-19)11-15-9-13(2)21(24)14(3)10-15/h4,7-11,23-24H,5-6H2,1-3H3/b16-11+. The summed E-state index contributed by atoms with van der Waals surface area (Å²) in [5.74, 6) is 0.406. The third-order valence-corrected chi connectivity index (χ3v) is 5.08. The molecule has 0 radical (unpaired) electrons. The first-order chi connectivity index (χ1) is 11.9. The number of aromatic amines is 1. The van der Waals surface area contributed by atoms with Gasteiger partial charge in [0.25, 0.3) is 0 Å². The molecule has 0 spiro atoms. The monoisotopic (exact) mass is 331 g/mol. The summed E-state index contributed by atoms with van der Waals surface area (Å²) >= 11 is 0. The number of hydrogen-bond acceptors (Lipinski definition) is 2. The number of aromatic nitrogens is 1. The lowest BCUT2D eigenvalue weighted by Crippen LogP contribution is -2.13. The lowest BCUT2D eigenvalue weighted by molar-refractivity contribution is 0.102. The maximum absolute atomic E-state index is 13.0. The van der Waals surface area contributed by atoms with Crippen LogP contribution in [0, 0.1) is 20.8 Å². The predicted molar refractivity (Wildman–Crippen MR) is 101 cm³/mol. The number of phenolic OH excluding ortho intramolecular Hbond substituents is 1. The maximum atomic E-state index is 13.0. The van der Waals surface area contributed by atoms with E-state index in [1.54, 1.807) is 0 Å². The second kappa shape index (κ2) is 5.62. The second-order valence-electron chi connectivity index (χ2n) is 7.03. The van der Waals surface area contributed by atoms with Crippen molar-refractivity contribution >= 4 is 22.8 Å². The van der Waals surface area contributed by atoms with Crippen molar-refractivity contribution in [3.8, 4) is 5.75 Å². The molecule has 3 aromatic rings. The van der Waals surface area contributed by atoms with E-state index < -0.39 is 0 Å². The van der Waals surface area contributed by atoms with E-state index in [4.69, 9.17) is 0 Å². The van der Waals surface area contributed by atoms with Gasteiger partial charge >= 0.3 is 0 Å². The van der Waals surface area contributed by atoms with Crippen molar-refractivity contribution in [3.63, 3.8) is 0 Å². The van der Waals surface area contributed by atoms with Gasteiger partial charge in [-0.2, -0.15) is 0 Å². The molecule has 3 heteroatoms. The highest BCUT2D eigenvalue weighted by molar-refractivity contribution is 6.15. The van der Waals surface area contributed by atoms with Crippen LogP contribution in [0.25, 0.3) is 17.0 Å². The van der Waals surface area contributed by atoms with Crippen LogP contribution in [0.3, 0.4) is 0 Å². The van der Waals surface area contributed by atoms with Crippen molar-refractivity contribution in [2.45, 2.75) is 33.6 Å². The van der Waals surface area contributed by atoms with Crippen LogP contribution in [0.15, 0.2) is 35.9 Å². The van der Waals surface area contributed by atoms with Crippen molar-refractivity contribution in [1.82, 2.24) is 4.98 Å². The molecular weight excluding hydrogens is 310 g/mol. The van der Waals surface area contributed by atoms with Gasteiger partial charge in [-0.15, -0.1) is 0 Å². The number of rotatable bonds is 1. The molecule has 0 unspecified atom stereocenters. The van der Waals surface area contributed by atoms with E-state index in [9.17, 15) is 9.90 Å². The number of allylic oxidation sites excluding steroid dienone is 1. The van der Waals surface area contributed by atoms with E-state index in [1.807, 2.05) is 38.1 Å². The molecule has 0 saturated carbocycles. The summed E-state index contributed by atoms with van der Waals surface area (Å²) in [5, 5.41) is 11.1. The minimum atomic E-state index is 0.0819. The van der Waals surface area contributed by atoms with Crippen molar-refractivity contribution < 1.29 is 9.90 Å². The Kier molecular flexibility index (Phi) is 3.53. The Bertz CT molecular complexity index is 1030. The first-order valence-electron chi connectivity index (χ1n) is 8.60. The molecule has 1 aliphatic carbocycles. The number of aromatic hydroxyl groups is 1. The number of carbonyl (C=O) groups excluding carboxylic acids is 1. The highest BCUT2D eigenvalue weighted by Gasteiger charge is 2.25. The normalized spacial score (nSPS) is 15.8. The fraction of sp³-hybridized carbons (Fsp3) is 0.227. The van der Waals surface area contributed by atoms with E-state index in [0.29, 0.717) is 5.75 Å². The van der Waals surface area contributed by atoms with Gasteiger partial charge in [0.2, 0.25) is 5.78 Å². The Morgan fingerprint density at radius 2 is 1.76 bits per heavy atom. The molecule has 0 bridgehead atoms. The second-order valence-corrected chi connectivity index (χ2v) is 7.03. The number of hydrogen-bond donors (Lipinski definition) is 2. The summed E-state index contributed by atoms with van der Waals surface area (Å²) in [7, 11) is 0. The lowest BCUT2D eigenvalue weighted by Gasteiger charge is -2.15. The molecule has 1 aliphatic rings. The molecule has 2 aromatic carbocycles. The van der Waals surface area contributed by atoms with Crippen LogP contribution >= 0.6 is 0 Å². The first kappa shape index (κ1) is 15.7. The molecule has 0 atom stereocenters. The van der Waals surface area contributed by atoms with Crippen molar-refractivity contribution in [2.24, 2.45) is 0 Å². The highest BCUT2D eigenvalue weighted by atomic mass is 16.3. The SMILES string of the molecule is Cc1ccc2[nH]c3c(c2c1)CC/C(=C\c1cc(C)c(O)c(C)c1)C3=O. The minimum absolute atomic E-state index is 0.0819. The van der Waals surface area contributed by atoms with Crippen LogP contribution < -0.4 is 0 Å². The van der Waals surface area contributed by atoms with Gasteiger partial charge in [-0.1, -0.05) is 11.6 Å². The molecule has 0 aliphatic heterocycles. The molecule has 1 heterocycles. The number of fused-ring (bicyclic) bond motifs is 3. The average molecular weight is 331 g/mol. The van der Waals surface area contributed by atoms with E-state index in [0.717, 1.165) is 51.9 Å². The van der Waals surface area contributed by atoms with Gasteiger partial charge < -0.3 is 10.1 Å². The van der Waals surface area contributed by atoms with E-state index in [2.05, 4.69) is 24.0 Å². The largest absolute Gasteiger partial charge is 0.507 e. The van der Waals surface area contributed by atoms with Gasteiger partial charge in [0, 0.05) is 16.5 Å². The quantitative estimate of drug-likeness (QED) is 0.616. The summed E-state index contributed by atoms with van der Waals surface area (Å²) in [4.78, 5) is 16.3. The number of aryl methyl sites for hydroxylation is 4. The van der Waals surface area contributed by atoms with Crippen molar-refractivity contribution in [1.29, 1.82) is 0 Å². The Morgan fingerprint density at radius 1 is 1.04 bits per heavy atom. The molecule has 0 fully saturated rings. The number of carbonyl (C=O) groups is 1. The van der Waals surface area contributed by atoms with E-state index in [-0.39, 0.29) is 5.78 Å². The molecule has 2 N–H and O–H groups in total. The fourth-order valence-corrected chi connectivity index (χ4v) is 3.76. The number of H-pyrrole nitrogens is 1. The van der Waals surface area contributed by atoms with Crippen LogP contribution in [0.2, 0.25) is 0 Å². The summed E-state index contributed by atoms with van der Waals surface area (Å²) in [6, 6.07) is 10.1. The van der Waals surface area contributed by atoms with E-state index >= 15 is 0 Å². The van der Waals surface area contributed by atoms with Crippen molar-refractivity contribution in [2.75, 3.05) is 0 Å². The number of ketones is 1. The fourth-order valence-electron chi connectivity index (χ4n) is 3.76. The molecule has 126 valence electrons. The molecular formula is C22H21NO2. The third kappa shape index (κ3) is 2.56. The topological polar surface area (TPSA) is 53.1 Å². The number of Topliss-reactive ketones (excluding diaryl/α,β-unsaturated/α-hetero) is 1. The molecule has 0 amide bonds. The predicted octanol–water partition coefficient (Wildman–Crippen LogP) is 5.01. The summed E-state index contributed by atoms with van der Waals surface area (Å²) in [6.07, 6.45) is 3.57. The first-order valence-corrected chi connectivity index (χ1v) is 8.60. The van der Waals surface area contributed by atoms with Gasteiger partial charge in [-0.3, -0.25) is 4.79 Å². The van der Waals surface area contributed by atoms with Gasteiger partial charge in [0.1, 0.15) is 5.75 Å². The van der Waals surface area contributed by atoms with Crippen LogP contribution in [-0.4, -0.2) is 15.9 Å². The Hall–Kier alpha value is -2.81.